The fourth-order valence-corrected chi connectivity index (χ4v) is 3.03. The largest absolute Gasteiger partial charge is 0.478 e. The summed E-state index contributed by atoms with van der Waals surface area (Å²) in [6.45, 7) is 1.85. The van der Waals surface area contributed by atoms with E-state index in [-0.39, 0.29) is 21.2 Å². The molecule has 0 radical (unpaired) electrons. The highest BCUT2D eigenvalue weighted by Gasteiger charge is 2.22. The van der Waals surface area contributed by atoms with Gasteiger partial charge in [0.25, 0.3) is 0 Å². The molecule has 0 saturated carbocycles. The summed E-state index contributed by atoms with van der Waals surface area (Å²) in [5, 5.41) is 8.80. The van der Waals surface area contributed by atoms with Gasteiger partial charge in [-0.25, -0.2) is 4.79 Å². The minimum Gasteiger partial charge on any atom is -0.478 e. The Morgan fingerprint density at radius 1 is 1.14 bits per heavy atom. The van der Waals surface area contributed by atoms with Crippen molar-refractivity contribution in [1.29, 1.82) is 0 Å². The number of hydrogen-bond acceptors (Lipinski definition) is 4. The molecule has 110 valence electrons. The molecule has 0 bridgehead atoms. The zero-order chi connectivity index (χ0) is 15.6. The van der Waals surface area contributed by atoms with Gasteiger partial charge in [-0.15, -0.1) is 0 Å². The highest BCUT2D eigenvalue weighted by atomic mass is 35.5. The number of aryl methyl sites for hydroxylation is 1. The van der Waals surface area contributed by atoms with Crippen LogP contribution in [0.4, 0.5) is 0 Å². The van der Waals surface area contributed by atoms with E-state index in [0.29, 0.717) is 0 Å². The Morgan fingerprint density at radius 3 is 2.33 bits per heavy atom. The van der Waals surface area contributed by atoms with E-state index in [1.807, 2.05) is 6.92 Å². The molecule has 0 spiro atoms. The molecule has 2 aromatic rings. The Morgan fingerprint density at radius 2 is 1.76 bits per heavy atom. The fourth-order valence-electron chi connectivity index (χ4n) is 1.59. The maximum atomic E-state index is 12.2. The summed E-state index contributed by atoms with van der Waals surface area (Å²) in [6, 6.07) is 9.78. The van der Waals surface area contributed by atoms with E-state index in [0.717, 1.165) is 11.6 Å². The summed E-state index contributed by atoms with van der Waals surface area (Å²) < 4.78 is 29.3. The Labute approximate surface area is 126 Å². The molecule has 0 aliphatic rings. The third-order valence-electron chi connectivity index (χ3n) is 2.67. The van der Waals surface area contributed by atoms with E-state index in [4.69, 9.17) is 20.9 Å². The number of aromatic carboxylic acids is 1. The van der Waals surface area contributed by atoms with Crippen LogP contribution in [-0.2, 0) is 10.1 Å². The van der Waals surface area contributed by atoms with E-state index >= 15 is 0 Å². The second kappa shape index (κ2) is 5.75. The molecule has 0 aliphatic carbocycles. The van der Waals surface area contributed by atoms with Crippen LogP contribution in [0.25, 0.3) is 0 Å². The molecule has 0 amide bonds. The van der Waals surface area contributed by atoms with Gasteiger partial charge < -0.3 is 9.29 Å². The molecule has 0 aromatic heterocycles. The smallest absolute Gasteiger partial charge is 0.340 e. The van der Waals surface area contributed by atoms with Crippen LogP contribution in [0.15, 0.2) is 47.4 Å². The fraction of sp³-hybridized carbons (Fsp3) is 0.0714. The highest BCUT2D eigenvalue weighted by Crippen LogP contribution is 2.26. The number of carboxylic acid groups (broad SMARTS) is 1. The first-order valence-electron chi connectivity index (χ1n) is 5.83. The number of rotatable bonds is 4. The van der Waals surface area contributed by atoms with Crippen LogP contribution in [0.3, 0.4) is 0 Å². The number of hydrogen-bond donors (Lipinski definition) is 1. The molecule has 1 N–H and O–H groups in total. The summed E-state index contributed by atoms with van der Waals surface area (Å²) in [4.78, 5) is 10.5. The minimum absolute atomic E-state index is 0.105. The van der Waals surface area contributed by atoms with E-state index in [2.05, 4.69) is 0 Å². The van der Waals surface area contributed by atoms with Gasteiger partial charge in [-0.05, 0) is 37.3 Å². The maximum Gasteiger partial charge on any atom is 0.340 e. The summed E-state index contributed by atoms with van der Waals surface area (Å²) >= 11 is 5.82. The molecule has 0 saturated heterocycles. The molecule has 5 nitrogen and oxygen atoms in total. The van der Waals surface area contributed by atoms with Crippen molar-refractivity contribution in [2.45, 2.75) is 11.8 Å². The molecule has 0 aliphatic heterocycles. The molecule has 0 heterocycles. The van der Waals surface area contributed by atoms with Crippen molar-refractivity contribution in [2.75, 3.05) is 0 Å². The van der Waals surface area contributed by atoms with E-state index in [9.17, 15) is 13.2 Å². The second-order valence-electron chi connectivity index (χ2n) is 4.30. The number of halogens is 1. The maximum absolute atomic E-state index is 12.2. The van der Waals surface area contributed by atoms with E-state index in [1.54, 1.807) is 12.1 Å². The van der Waals surface area contributed by atoms with Gasteiger partial charge >= 0.3 is 16.1 Å². The second-order valence-corrected chi connectivity index (χ2v) is 6.22. The van der Waals surface area contributed by atoms with Gasteiger partial charge in [-0.1, -0.05) is 29.3 Å². The van der Waals surface area contributed by atoms with Crippen molar-refractivity contribution in [1.82, 2.24) is 0 Å². The van der Waals surface area contributed by atoms with Crippen LogP contribution in [0, 0.1) is 6.92 Å². The van der Waals surface area contributed by atoms with E-state index < -0.39 is 16.1 Å². The van der Waals surface area contributed by atoms with E-state index in [1.165, 1.54) is 24.3 Å². The molecule has 0 atom stereocenters. The normalized spacial score (nSPS) is 11.1. The monoisotopic (exact) mass is 326 g/mol. The van der Waals surface area contributed by atoms with Gasteiger partial charge in [0.05, 0.1) is 10.6 Å². The Balaban J connectivity index is 2.41. The standard InChI is InChI=1S/C14H11ClO5S/c1-9-2-5-11(6-3-9)20-21(18,19)13-8-10(14(16)17)4-7-12(13)15/h2-8H,1H3,(H,16,17). The van der Waals surface area contributed by atoms with Crippen LogP contribution >= 0.6 is 11.6 Å². The van der Waals surface area contributed by atoms with Crippen molar-refractivity contribution in [3.8, 4) is 5.75 Å². The van der Waals surface area contributed by atoms with Gasteiger partial charge in [-0.2, -0.15) is 8.42 Å². The average Bonchev–Trinajstić information content (AvgIpc) is 2.41. The molecule has 7 heteroatoms. The third kappa shape index (κ3) is 3.53. The lowest BCUT2D eigenvalue weighted by Gasteiger charge is -2.09. The quantitative estimate of drug-likeness (QED) is 0.873. The third-order valence-corrected chi connectivity index (χ3v) is 4.40. The van der Waals surface area contributed by atoms with Crippen LogP contribution in [0.1, 0.15) is 15.9 Å². The van der Waals surface area contributed by atoms with Crippen LogP contribution in [0.2, 0.25) is 5.02 Å². The molecule has 21 heavy (non-hydrogen) atoms. The first-order valence-corrected chi connectivity index (χ1v) is 7.62. The molecule has 2 rings (SSSR count). The number of benzene rings is 2. The topological polar surface area (TPSA) is 80.7 Å². The lowest BCUT2D eigenvalue weighted by molar-refractivity contribution is 0.0696. The zero-order valence-corrected chi connectivity index (χ0v) is 12.5. The highest BCUT2D eigenvalue weighted by molar-refractivity contribution is 7.87. The van der Waals surface area contributed by atoms with Gasteiger partial charge in [0.15, 0.2) is 0 Å². The molecule has 2 aromatic carbocycles. The lowest BCUT2D eigenvalue weighted by atomic mass is 10.2. The molecule has 0 fully saturated rings. The zero-order valence-electron chi connectivity index (χ0n) is 10.9. The minimum atomic E-state index is -4.21. The van der Waals surface area contributed by atoms with Gasteiger partial charge in [0.2, 0.25) is 0 Å². The SMILES string of the molecule is Cc1ccc(OS(=O)(=O)c2cc(C(=O)O)ccc2Cl)cc1. The Hall–Kier alpha value is -2.05. The summed E-state index contributed by atoms with van der Waals surface area (Å²) in [6.07, 6.45) is 0. The molecule has 0 unspecified atom stereocenters. The first kappa shape index (κ1) is 15.3. The molecular weight excluding hydrogens is 316 g/mol. The van der Waals surface area contributed by atoms with Crippen molar-refractivity contribution >= 4 is 27.7 Å². The van der Waals surface area contributed by atoms with Crippen LogP contribution in [0.5, 0.6) is 5.75 Å². The van der Waals surface area contributed by atoms with Crippen LogP contribution in [-0.4, -0.2) is 19.5 Å². The Kier molecular flexibility index (Phi) is 4.20. The Bertz CT molecular complexity index is 782. The van der Waals surface area contributed by atoms with Gasteiger partial charge in [0.1, 0.15) is 10.6 Å². The summed E-state index contributed by atoms with van der Waals surface area (Å²) in [5.74, 6) is -1.13. The van der Waals surface area contributed by atoms with Gasteiger partial charge in [-0.3, -0.25) is 0 Å². The lowest BCUT2D eigenvalue weighted by Crippen LogP contribution is -2.11. The average molecular weight is 327 g/mol. The van der Waals surface area contributed by atoms with Crippen molar-refractivity contribution in [2.24, 2.45) is 0 Å². The van der Waals surface area contributed by atoms with Gasteiger partial charge in [0, 0.05) is 0 Å². The van der Waals surface area contributed by atoms with Crippen molar-refractivity contribution < 1.29 is 22.5 Å². The number of carbonyl (C=O) groups is 1. The summed E-state index contributed by atoms with van der Waals surface area (Å²) in [7, 11) is -4.21. The van der Waals surface area contributed by atoms with Crippen molar-refractivity contribution in [3.05, 3.63) is 58.6 Å². The first-order chi connectivity index (χ1) is 9.79. The number of carboxylic acids is 1. The predicted molar refractivity (Wildman–Crippen MR) is 77.4 cm³/mol. The summed E-state index contributed by atoms with van der Waals surface area (Å²) in [5.41, 5.74) is 0.760. The van der Waals surface area contributed by atoms with Crippen LogP contribution < -0.4 is 4.18 Å². The predicted octanol–water partition coefficient (Wildman–Crippen LogP) is 3.11. The molecular formula is C14H11ClO5S. The van der Waals surface area contributed by atoms with Crippen molar-refractivity contribution in [3.63, 3.8) is 0 Å².